The molecule has 1 aromatic carbocycles. The van der Waals surface area contributed by atoms with E-state index in [1.54, 1.807) is 0 Å². The molecule has 1 N–H and O–H groups in total. The van der Waals surface area contributed by atoms with Crippen LogP contribution in [-0.4, -0.2) is 12.5 Å². The standard InChI is InChI=1S/C15H20F3NO/c1-11(2)3-8-14(20)19-10-9-12-4-6-13(7-5-12)15(16,17)18/h4-7,11H,3,8-10H2,1-2H3,(H,19,20). The van der Waals surface area contributed by atoms with Gasteiger partial charge in [0.2, 0.25) is 5.91 Å². The first-order chi connectivity index (χ1) is 9.29. The van der Waals surface area contributed by atoms with Crippen LogP contribution in [0.25, 0.3) is 0 Å². The van der Waals surface area contributed by atoms with Crippen molar-refractivity contribution in [2.75, 3.05) is 6.54 Å². The number of carbonyl (C=O) groups is 1. The van der Waals surface area contributed by atoms with Gasteiger partial charge in [0.1, 0.15) is 0 Å². The molecule has 0 aliphatic heterocycles. The molecule has 0 atom stereocenters. The van der Waals surface area contributed by atoms with E-state index in [1.807, 2.05) is 0 Å². The first kappa shape index (κ1) is 16.5. The summed E-state index contributed by atoms with van der Waals surface area (Å²) in [6, 6.07) is 5.03. The molecule has 1 amide bonds. The first-order valence-electron chi connectivity index (χ1n) is 6.72. The molecule has 0 spiro atoms. The summed E-state index contributed by atoms with van der Waals surface area (Å²) in [4.78, 5) is 11.5. The minimum atomic E-state index is -4.30. The van der Waals surface area contributed by atoms with Gasteiger partial charge in [-0.2, -0.15) is 13.2 Å². The van der Waals surface area contributed by atoms with Crippen molar-refractivity contribution in [1.82, 2.24) is 5.32 Å². The Morgan fingerprint density at radius 2 is 1.80 bits per heavy atom. The molecule has 0 radical (unpaired) electrons. The maximum absolute atomic E-state index is 12.4. The van der Waals surface area contributed by atoms with E-state index in [9.17, 15) is 18.0 Å². The van der Waals surface area contributed by atoms with Gasteiger partial charge in [0, 0.05) is 13.0 Å². The van der Waals surface area contributed by atoms with Crippen LogP contribution in [0.1, 0.15) is 37.8 Å². The van der Waals surface area contributed by atoms with Crippen LogP contribution in [0.5, 0.6) is 0 Å². The molecule has 20 heavy (non-hydrogen) atoms. The molecule has 1 aromatic rings. The zero-order chi connectivity index (χ0) is 15.2. The summed E-state index contributed by atoms with van der Waals surface area (Å²) in [6.07, 6.45) is -2.44. The average Bonchev–Trinajstić information content (AvgIpc) is 2.36. The van der Waals surface area contributed by atoms with Gasteiger partial charge in [0.25, 0.3) is 0 Å². The summed E-state index contributed by atoms with van der Waals surface area (Å²) in [7, 11) is 0. The second kappa shape index (κ2) is 7.31. The number of hydrogen-bond donors (Lipinski definition) is 1. The Bertz CT molecular complexity index is 424. The SMILES string of the molecule is CC(C)CCC(=O)NCCc1ccc(C(F)(F)F)cc1. The third kappa shape index (κ3) is 6.08. The van der Waals surface area contributed by atoms with Gasteiger partial charge < -0.3 is 5.32 Å². The Morgan fingerprint density at radius 1 is 1.20 bits per heavy atom. The predicted octanol–water partition coefficient (Wildman–Crippen LogP) is 3.80. The second-order valence-corrected chi connectivity index (χ2v) is 5.23. The van der Waals surface area contributed by atoms with Gasteiger partial charge in [0.05, 0.1) is 5.56 Å². The zero-order valence-electron chi connectivity index (χ0n) is 11.8. The summed E-state index contributed by atoms with van der Waals surface area (Å²) >= 11 is 0. The lowest BCUT2D eigenvalue weighted by Crippen LogP contribution is -2.25. The molecule has 0 heterocycles. The number of halogens is 3. The highest BCUT2D eigenvalue weighted by Gasteiger charge is 2.29. The van der Waals surface area contributed by atoms with Crippen LogP contribution >= 0.6 is 0 Å². The fourth-order valence-electron chi connectivity index (χ4n) is 1.71. The minimum Gasteiger partial charge on any atom is -0.356 e. The molecule has 0 unspecified atom stereocenters. The third-order valence-corrected chi connectivity index (χ3v) is 2.97. The van der Waals surface area contributed by atoms with Gasteiger partial charge in [-0.1, -0.05) is 26.0 Å². The van der Waals surface area contributed by atoms with E-state index in [4.69, 9.17) is 0 Å². The second-order valence-electron chi connectivity index (χ2n) is 5.23. The highest BCUT2D eigenvalue weighted by atomic mass is 19.4. The van der Waals surface area contributed by atoms with Gasteiger partial charge in [-0.25, -0.2) is 0 Å². The number of alkyl halides is 3. The molecule has 0 bridgehead atoms. The molecular formula is C15H20F3NO. The molecular weight excluding hydrogens is 267 g/mol. The third-order valence-electron chi connectivity index (χ3n) is 2.97. The van der Waals surface area contributed by atoms with E-state index >= 15 is 0 Å². The van der Waals surface area contributed by atoms with Crippen molar-refractivity contribution in [2.45, 2.75) is 39.3 Å². The van der Waals surface area contributed by atoms with Crippen LogP contribution in [0.15, 0.2) is 24.3 Å². The van der Waals surface area contributed by atoms with Crippen molar-refractivity contribution >= 4 is 5.91 Å². The Kier molecular flexibility index (Phi) is 6.05. The van der Waals surface area contributed by atoms with Crippen LogP contribution < -0.4 is 5.32 Å². The number of rotatable bonds is 6. The Morgan fingerprint density at radius 3 is 2.30 bits per heavy atom. The van der Waals surface area contributed by atoms with Crippen molar-refractivity contribution in [1.29, 1.82) is 0 Å². The maximum atomic E-state index is 12.4. The van der Waals surface area contributed by atoms with Crippen molar-refractivity contribution < 1.29 is 18.0 Å². The molecule has 0 aliphatic carbocycles. The molecule has 0 saturated carbocycles. The molecule has 0 aliphatic rings. The first-order valence-corrected chi connectivity index (χ1v) is 6.72. The smallest absolute Gasteiger partial charge is 0.356 e. The van der Waals surface area contributed by atoms with E-state index in [-0.39, 0.29) is 5.91 Å². The van der Waals surface area contributed by atoms with Gasteiger partial charge in [0.15, 0.2) is 0 Å². The van der Waals surface area contributed by atoms with Gasteiger partial charge in [-0.3, -0.25) is 4.79 Å². The van der Waals surface area contributed by atoms with Gasteiger partial charge in [-0.15, -0.1) is 0 Å². The molecule has 2 nitrogen and oxygen atoms in total. The topological polar surface area (TPSA) is 29.1 Å². The number of benzene rings is 1. The number of carbonyl (C=O) groups excluding carboxylic acids is 1. The monoisotopic (exact) mass is 287 g/mol. The van der Waals surface area contributed by atoms with Crippen molar-refractivity contribution in [3.05, 3.63) is 35.4 Å². The Hall–Kier alpha value is -1.52. The Labute approximate surface area is 117 Å². The van der Waals surface area contributed by atoms with E-state index in [0.717, 1.165) is 24.1 Å². The van der Waals surface area contributed by atoms with Crippen LogP contribution in [-0.2, 0) is 17.4 Å². The number of hydrogen-bond acceptors (Lipinski definition) is 1. The van der Waals surface area contributed by atoms with Crippen LogP contribution in [0, 0.1) is 5.92 Å². The molecule has 0 fully saturated rings. The maximum Gasteiger partial charge on any atom is 0.416 e. The predicted molar refractivity (Wildman–Crippen MR) is 72.2 cm³/mol. The number of nitrogens with one attached hydrogen (secondary N) is 1. The van der Waals surface area contributed by atoms with E-state index < -0.39 is 11.7 Å². The lowest BCUT2D eigenvalue weighted by Gasteiger charge is -2.09. The summed E-state index contributed by atoms with van der Waals surface area (Å²) in [5.41, 5.74) is 0.129. The molecule has 1 rings (SSSR count). The lowest BCUT2D eigenvalue weighted by atomic mass is 10.1. The largest absolute Gasteiger partial charge is 0.416 e. The normalized spacial score (nSPS) is 11.7. The van der Waals surface area contributed by atoms with E-state index in [2.05, 4.69) is 19.2 Å². The highest BCUT2D eigenvalue weighted by molar-refractivity contribution is 5.75. The molecule has 5 heteroatoms. The number of amides is 1. The Balaban J connectivity index is 2.34. The van der Waals surface area contributed by atoms with Gasteiger partial charge in [-0.05, 0) is 36.5 Å². The van der Waals surface area contributed by atoms with Crippen molar-refractivity contribution in [3.8, 4) is 0 Å². The average molecular weight is 287 g/mol. The summed E-state index contributed by atoms with van der Waals surface area (Å²) < 4.78 is 37.1. The minimum absolute atomic E-state index is 0.00869. The summed E-state index contributed by atoms with van der Waals surface area (Å²) in [5.74, 6) is 0.473. The van der Waals surface area contributed by atoms with Crippen molar-refractivity contribution in [2.24, 2.45) is 5.92 Å². The quantitative estimate of drug-likeness (QED) is 0.847. The van der Waals surface area contributed by atoms with E-state index in [0.29, 0.717) is 25.3 Å². The van der Waals surface area contributed by atoms with Crippen molar-refractivity contribution in [3.63, 3.8) is 0 Å². The lowest BCUT2D eigenvalue weighted by molar-refractivity contribution is -0.137. The van der Waals surface area contributed by atoms with Crippen LogP contribution in [0.2, 0.25) is 0 Å². The summed E-state index contributed by atoms with van der Waals surface area (Å²) in [5, 5.41) is 2.77. The van der Waals surface area contributed by atoms with Crippen LogP contribution in [0.3, 0.4) is 0 Å². The molecule has 0 aromatic heterocycles. The van der Waals surface area contributed by atoms with E-state index in [1.165, 1.54) is 12.1 Å². The highest BCUT2D eigenvalue weighted by Crippen LogP contribution is 2.29. The fourth-order valence-corrected chi connectivity index (χ4v) is 1.71. The fraction of sp³-hybridized carbons (Fsp3) is 0.533. The zero-order valence-corrected chi connectivity index (χ0v) is 11.8. The van der Waals surface area contributed by atoms with Crippen LogP contribution in [0.4, 0.5) is 13.2 Å². The molecule has 112 valence electrons. The molecule has 0 saturated heterocycles. The summed E-state index contributed by atoms with van der Waals surface area (Å²) in [6.45, 7) is 4.55. The van der Waals surface area contributed by atoms with Gasteiger partial charge >= 0.3 is 6.18 Å².